The van der Waals surface area contributed by atoms with Gasteiger partial charge in [0.2, 0.25) is 5.91 Å². The third kappa shape index (κ3) is 5.19. The predicted octanol–water partition coefficient (Wildman–Crippen LogP) is 2.95. The summed E-state index contributed by atoms with van der Waals surface area (Å²) in [4.78, 5) is 23.3. The fourth-order valence-corrected chi connectivity index (χ4v) is 2.94. The topological polar surface area (TPSA) is 75.6 Å². The van der Waals surface area contributed by atoms with Gasteiger partial charge in [0.25, 0.3) is 0 Å². The summed E-state index contributed by atoms with van der Waals surface area (Å²) in [5, 5.41) is 11.7. The number of ether oxygens (including phenoxy) is 1. The lowest BCUT2D eigenvalue weighted by Gasteiger charge is -2.27. The van der Waals surface area contributed by atoms with Crippen LogP contribution in [0.4, 0.5) is 13.2 Å². The average Bonchev–Trinajstić information content (AvgIpc) is 2.93. The Morgan fingerprint density at radius 2 is 2.12 bits per heavy atom. The first-order valence-electron chi connectivity index (χ1n) is 7.89. The molecule has 1 aliphatic rings. The van der Waals surface area contributed by atoms with Crippen molar-refractivity contribution >= 4 is 11.9 Å². The molecule has 5 nitrogen and oxygen atoms in total. The molecular weight excluding hydrogens is 339 g/mol. The second kappa shape index (κ2) is 7.43. The van der Waals surface area contributed by atoms with Gasteiger partial charge in [-0.25, -0.2) is 0 Å². The van der Waals surface area contributed by atoms with Crippen molar-refractivity contribution in [3.63, 3.8) is 0 Å². The van der Waals surface area contributed by atoms with Gasteiger partial charge in [0.1, 0.15) is 0 Å². The Kier molecular flexibility index (Phi) is 5.72. The number of benzene rings is 1. The molecule has 1 fully saturated rings. The van der Waals surface area contributed by atoms with Crippen LogP contribution < -0.4 is 5.32 Å². The van der Waals surface area contributed by atoms with Crippen LogP contribution >= 0.6 is 0 Å². The summed E-state index contributed by atoms with van der Waals surface area (Å²) in [5.41, 5.74) is -1.31. The molecule has 0 radical (unpaired) electrons. The molecule has 0 saturated carbocycles. The Balaban J connectivity index is 2.03. The molecule has 1 aromatic rings. The van der Waals surface area contributed by atoms with Gasteiger partial charge in [-0.3, -0.25) is 9.59 Å². The molecule has 0 aromatic heterocycles. The summed E-state index contributed by atoms with van der Waals surface area (Å²) < 4.78 is 43.6. The molecule has 1 amide bonds. The van der Waals surface area contributed by atoms with E-state index in [0.29, 0.717) is 18.6 Å². The van der Waals surface area contributed by atoms with Crippen LogP contribution in [0, 0.1) is 0 Å². The zero-order chi connectivity index (χ0) is 18.7. The number of hydrogen-bond acceptors (Lipinski definition) is 3. The minimum Gasteiger partial charge on any atom is -0.481 e. The zero-order valence-electron chi connectivity index (χ0n) is 13.7. The van der Waals surface area contributed by atoms with E-state index in [2.05, 4.69) is 5.32 Å². The number of rotatable bonds is 6. The smallest absolute Gasteiger partial charge is 0.416 e. The van der Waals surface area contributed by atoms with Crippen LogP contribution in [-0.2, 0) is 20.5 Å². The van der Waals surface area contributed by atoms with Gasteiger partial charge in [-0.05, 0) is 24.0 Å². The van der Waals surface area contributed by atoms with Crippen molar-refractivity contribution in [1.82, 2.24) is 5.32 Å². The van der Waals surface area contributed by atoms with E-state index in [1.165, 1.54) is 6.07 Å². The van der Waals surface area contributed by atoms with Crippen molar-refractivity contribution in [1.29, 1.82) is 0 Å². The largest absolute Gasteiger partial charge is 0.481 e. The zero-order valence-corrected chi connectivity index (χ0v) is 13.7. The lowest BCUT2D eigenvalue weighted by atomic mass is 9.92. The minimum absolute atomic E-state index is 0.0390. The summed E-state index contributed by atoms with van der Waals surface area (Å²) in [6, 6.07) is 4.86. The van der Waals surface area contributed by atoms with Crippen molar-refractivity contribution in [3.8, 4) is 0 Å². The van der Waals surface area contributed by atoms with E-state index in [-0.39, 0.29) is 19.4 Å². The van der Waals surface area contributed by atoms with Gasteiger partial charge in [0.05, 0.1) is 24.1 Å². The minimum atomic E-state index is -4.44. The molecule has 1 heterocycles. The summed E-state index contributed by atoms with van der Waals surface area (Å²) in [5.74, 6) is -1.89. The van der Waals surface area contributed by atoms with Gasteiger partial charge in [-0.2, -0.15) is 13.2 Å². The van der Waals surface area contributed by atoms with E-state index in [1.807, 2.05) is 0 Å². The maximum absolute atomic E-state index is 12.8. The van der Waals surface area contributed by atoms with Crippen molar-refractivity contribution in [2.75, 3.05) is 13.2 Å². The van der Waals surface area contributed by atoms with Gasteiger partial charge in [0.15, 0.2) is 0 Å². The molecule has 0 bridgehead atoms. The average molecular weight is 359 g/mol. The highest BCUT2D eigenvalue weighted by molar-refractivity contribution is 5.79. The number of carbonyl (C=O) groups excluding carboxylic acids is 1. The van der Waals surface area contributed by atoms with Crippen LogP contribution in [-0.4, -0.2) is 35.7 Å². The number of aliphatic carboxylic acids is 1. The third-order valence-corrected chi connectivity index (χ3v) is 4.27. The van der Waals surface area contributed by atoms with Crippen LogP contribution in [0.1, 0.15) is 43.2 Å². The highest BCUT2D eigenvalue weighted by atomic mass is 19.4. The summed E-state index contributed by atoms with van der Waals surface area (Å²) >= 11 is 0. The Hall–Kier alpha value is -2.09. The van der Waals surface area contributed by atoms with Crippen LogP contribution in [0.2, 0.25) is 0 Å². The number of carboxylic acid groups (broad SMARTS) is 1. The lowest BCUT2D eigenvalue weighted by molar-refractivity contribution is -0.139. The first-order valence-corrected chi connectivity index (χ1v) is 7.89. The molecule has 2 atom stereocenters. The summed E-state index contributed by atoms with van der Waals surface area (Å²) in [7, 11) is 0. The Morgan fingerprint density at radius 1 is 1.40 bits per heavy atom. The Labute approximate surface area is 143 Å². The van der Waals surface area contributed by atoms with E-state index >= 15 is 0 Å². The SMILES string of the molecule is CC(CC(=O)NC1(CC(=O)O)CCOC1)c1cccc(C(F)(F)F)c1. The summed E-state index contributed by atoms with van der Waals surface area (Å²) in [6.45, 7) is 2.13. The van der Waals surface area contributed by atoms with Crippen LogP contribution in [0.25, 0.3) is 0 Å². The maximum Gasteiger partial charge on any atom is 0.416 e. The predicted molar refractivity (Wildman–Crippen MR) is 83.0 cm³/mol. The molecule has 0 aliphatic carbocycles. The Morgan fingerprint density at radius 3 is 2.68 bits per heavy atom. The van der Waals surface area contributed by atoms with E-state index in [9.17, 15) is 22.8 Å². The molecule has 2 N–H and O–H groups in total. The quantitative estimate of drug-likeness (QED) is 0.819. The summed E-state index contributed by atoms with van der Waals surface area (Å²) in [6.07, 6.45) is -4.34. The van der Waals surface area contributed by atoms with Crippen molar-refractivity contribution in [2.24, 2.45) is 0 Å². The molecular formula is C17H20F3NO4. The normalized spacial score (nSPS) is 21.8. The van der Waals surface area contributed by atoms with Crippen molar-refractivity contribution in [3.05, 3.63) is 35.4 Å². The second-order valence-corrected chi connectivity index (χ2v) is 6.43. The number of carboxylic acids is 1. The van der Waals surface area contributed by atoms with E-state index in [0.717, 1.165) is 12.1 Å². The highest BCUT2D eigenvalue weighted by Gasteiger charge is 2.38. The van der Waals surface area contributed by atoms with Crippen LogP contribution in [0.3, 0.4) is 0 Å². The van der Waals surface area contributed by atoms with Crippen molar-refractivity contribution < 1.29 is 32.6 Å². The van der Waals surface area contributed by atoms with E-state index in [4.69, 9.17) is 9.84 Å². The number of nitrogens with one attached hydrogen (secondary N) is 1. The molecule has 138 valence electrons. The molecule has 8 heteroatoms. The molecule has 0 spiro atoms. The van der Waals surface area contributed by atoms with Gasteiger partial charge < -0.3 is 15.2 Å². The molecule has 2 rings (SSSR count). The van der Waals surface area contributed by atoms with Gasteiger partial charge in [-0.15, -0.1) is 0 Å². The van der Waals surface area contributed by atoms with E-state index < -0.39 is 35.1 Å². The number of carbonyl (C=O) groups is 2. The highest BCUT2D eigenvalue weighted by Crippen LogP contribution is 2.32. The van der Waals surface area contributed by atoms with Gasteiger partial charge >= 0.3 is 12.1 Å². The number of amides is 1. The molecule has 1 saturated heterocycles. The van der Waals surface area contributed by atoms with E-state index in [1.54, 1.807) is 13.0 Å². The first-order chi connectivity index (χ1) is 11.6. The molecule has 1 aliphatic heterocycles. The maximum atomic E-state index is 12.8. The number of hydrogen-bond donors (Lipinski definition) is 2. The number of halogens is 3. The van der Waals surface area contributed by atoms with Crippen LogP contribution in [0.15, 0.2) is 24.3 Å². The lowest BCUT2D eigenvalue weighted by Crippen LogP contribution is -2.50. The third-order valence-electron chi connectivity index (χ3n) is 4.27. The molecule has 1 aromatic carbocycles. The van der Waals surface area contributed by atoms with Gasteiger partial charge in [-0.1, -0.05) is 25.1 Å². The standard InChI is InChI=1S/C17H20F3NO4/c1-11(12-3-2-4-13(8-12)17(18,19)20)7-14(22)21-16(9-15(23)24)5-6-25-10-16/h2-4,8,11H,5-7,9-10H2,1H3,(H,21,22)(H,23,24). The fraction of sp³-hybridized carbons (Fsp3) is 0.529. The second-order valence-electron chi connectivity index (χ2n) is 6.43. The van der Waals surface area contributed by atoms with Crippen LogP contribution in [0.5, 0.6) is 0 Å². The monoisotopic (exact) mass is 359 g/mol. The molecule has 25 heavy (non-hydrogen) atoms. The number of alkyl halides is 3. The van der Waals surface area contributed by atoms with Crippen molar-refractivity contribution in [2.45, 2.75) is 43.8 Å². The fourth-order valence-electron chi connectivity index (χ4n) is 2.94. The molecule has 2 unspecified atom stereocenters. The Bertz CT molecular complexity index is 639. The first kappa shape index (κ1) is 19.2. The van der Waals surface area contributed by atoms with Gasteiger partial charge in [0, 0.05) is 13.0 Å².